The molecular formula is C26H29N3O4S. The number of nitrogens with zero attached hydrogens (tertiary/aromatic N) is 2. The highest BCUT2D eigenvalue weighted by Crippen LogP contribution is 2.30. The lowest BCUT2D eigenvalue weighted by Crippen LogP contribution is -2.52. The summed E-state index contributed by atoms with van der Waals surface area (Å²) in [4.78, 5) is 16.6. The summed E-state index contributed by atoms with van der Waals surface area (Å²) in [6.07, 6.45) is 0. The van der Waals surface area contributed by atoms with Crippen LogP contribution in [0.1, 0.15) is 28.4 Å². The lowest BCUT2D eigenvalue weighted by molar-refractivity contribution is 0.0697. The van der Waals surface area contributed by atoms with E-state index in [0.29, 0.717) is 18.8 Å². The van der Waals surface area contributed by atoms with E-state index in [2.05, 4.69) is 46.6 Å². The van der Waals surface area contributed by atoms with Crippen molar-refractivity contribution in [3.63, 3.8) is 0 Å². The van der Waals surface area contributed by atoms with Crippen molar-refractivity contribution >= 4 is 33.1 Å². The molecule has 3 aromatic carbocycles. The maximum absolute atomic E-state index is 12.7. The molecule has 0 aromatic heterocycles. The number of benzene rings is 3. The number of piperazine rings is 1. The summed E-state index contributed by atoms with van der Waals surface area (Å²) in [5, 5.41) is 9.88. The van der Waals surface area contributed by atoms with Crippen LogP contribution in [0, 0.1) is 13.8 Å². The molecule has 34 heavy (non-hydrogen) atoms. The summed E-state index contributed by atoms with van der Waals surface area (Å²) in [7, 11) is -3.82. The van der Waals surface area contributed by atoms with E-state index in [1.807, 2.05) is 13.0 Å². The number of aromatic carboxylic acids is 1. The minimum atomic E-state index is -3.82. The van der Waals surface area contributed by atoms with Gasteiger partial charge in [-0.25, -0.2) is 13.2 Å². The van der Waals surface area contributed by atoms with Crippen molar-refractivity contribution < 1.29 is 18.3 Å². The third-order valence-corrected chi connectivity index (χ3v) is 7.51. The molecule has 1 saturated heterocycles. The fourth-order valence-corrected chi connectivity index (χ4v) is 5.39. The SMILES string of the molecule is Cc1ccc(S(=O)(=O)Nc2ccc(N3CCN(c4cccc(C)c4)[C@@H](C)C3)c(C(=O)O)c2)cc1. The lowest BCUT2D eigenvalue weighted by atomic mass is 10.1. The first-order valence-corrected chi connectivity index (χ1v) is 12.7. The van der Waals surface area contributed by atoms with Gasteiger partial charge >= 0.3 is 5.97 Å². The van der Waals surface area contributed by atoms with Crippen LogP contribution in [-0.2, 0) is 10.0 Å². The normalized spacial score (nSPS) is 16.4. The third-order valence-electron chi connectivity index (χ3n) is 6.11. The second kappa shape index (κ2) is 9.38. The van der Waals surface area contributed by atoms with Crippen LogP contribution in [0.15, 0.2) is 71.6 Å². The van der Waals surface area contributed by atoms with Gasteiger partial charge in [-0.15, -0.1) is 0 Å². The molecule has 8 heteroatoms. The number of rotatable bonds is 6. The molecule has 0 aliphatic carbocycles. The Morgan fingerprint density at radius 1 is 0.971 bits per heavy atom. The van der Waals surface area contributed by atoms with E-state index in [1.54, 1.807) is 24.3 Å². The molecule has 7 nitrogen and oxygen atoms in total. The van der Waals surface area contributed by atoms with E-state index in [4.69, 9.17) is 0 Å². The Hall–Kier alpha value is -3.52. The zero-order chi connectivity index (χ0) is 24.5. The number of nitrogens with one attached hydrogen (secondary N) is 1. The van der Waals surface area contributed by atoms with Crippen LogP contribution in [0.4, 0.5) is 17.1 Å². The van der Waals surface area contributed by atoms with Gasteiger partial charge in [0.15, 0.2) is 0 Å². The molecule has 0 unspecified atom stereocenters. The van der Waals surface area contributed by atoms with Crippen LogP contribution in [0.3, 0.4) is 0 Å². The number of aryl methyl sites for hydroxylation is 2. The number of sulfonamides is 1. The van der Waals surface area contributed by atoms with Crippen LogP contribution in [0.2, 0.25) is 0 Å². The van der Waals surface area contributed by atoms with E-state index in [-0.39, 0.29) is 22.2 Å². The number of hydrogen-bond acceptors (Lipinski definition) is 5. The summed E-state index contributed by atoms with van der Waals surface area (Å²) >= 11 is 0. The first kappa shape index (κ1) is 23.6. The van der Waals surface area contributed by atoms with Crippen molar-refractivity contribution in [1.82, 2.24) is 0 Å². The number of anilines is 3. The molecule has 1 aliphatic heterocycles. The van der Waals surface area contributed by atoms with Crippen LogP contribution >= 0.6 is 0 Å². The minimum absolute atomic E-state index is 0.0697. The van der Waals surface area contributed by atoms with Gasteiger partial charge < -0.3 is 14.9 Å². The summed E-state index contributed by atoms with van der Waals surface area (Å²) in [6, 6.07) is 19.7. The summed E-state index contributed by atoms with van der Waals surface area (Å²) in [6.45, 7) is 8.14. The van der Waals surface area contributed by atoms with Crippen molar-refractivity contribution in [3.05, 3.63) is 83.4 Å². The topological polar surface area (TPSA) is 90.0 Å². The first-order chi connectivity index (χ1) is 16.1. The molecule has 0 radical (unpaired) electrons. The van der Waals surface area contributed by atoms with Gasteiger partial charge in [-0.3, -0.25) is 4.72 Å². The average molecular weight is 480 g/mol. The predicted octanol–water partition coefficient (Wildman–Crippen LogP) is 4.52. The van der Waals surface area contributed by atoms with Crippen LogP contribution < -0.4 is 14.5 Å². The van der Waals surface area contributed by atoms with Gasteiger partial charge in [0, 0.05) is 37.1 Å². The fourth-order valence-electron chi connectivity index (χ4n) is 4.34. The molecule has 1 heterocycles. The Morgan fingerprint density at radius 3 is 2.35 bits per heavy atom. The second-order valence-corrected chi connectivity index (χ2v) is 10.5. The number of carboxylic acid groups (broad SMARTS) is 1. The molecule has 3 aromatic rings. The van der Waals surface area contributed by atoms with Crippen molar-refractivity contribution in [2.24, 2.45) is 0 Å². The number of hydrogen-bond donors (Lipinski definition) is 2. The molecule has 178 valence electrons. The van der Waals surface area contributed by atoms with Gasteiger partial charge in [-0.05, 0) is 68.8 Å². The van der Waals surface area contributed by atoms with Crippen molar-refractivity contribution in [1.29, 1.82) is 0 Å². The van der Waals surface area contributed by atoms with Crippen molar-refractivity contribution in [3.8, 4) is 0 Å². The van der Waals surface area contributed by atoms with Gasteiger partial charge in [-0.1, -0.05) is 29.8 Å². The lowest BCUT2D eigenvalue weighted by Gasteiger charge is -2.42. The molecule has 2 N–H and O–H groups in total. The highest BCUT2D eigenvalue weighted by atomic mass is 32.2. The Bertz CT molecular complexity index is 1310. The van der Waals surface area contributed by atoms with E-state index in [9.17, 15) is 18.3 Å². The van der Waals surface area contributed by atoms with Gasteiger partial charge in [0.1, 0.15) is 0 Å². The van der Waals surface area contributed by atoms with Crippen LogP contribution in [-0.4, -0.2) is 45.2 Å². The second-order valence-electron chi connectivity index (χ2n) is 8.78. The highest BCUT2D eigenvalue weighted by Gasteiger charge is 2.27. The van der Waals surface area contributed by atoms with E-state index >= 15 is 0 Å². The number of carbonyl (C=O) groups is 1. The van der Waals surface area contributed by atoms with Gasteiger partial charge in [-0.2, -0.15) is 0 Å². The maximum atomic E-state index is 12.7. The zero-order valence-electron chi connectivity index (χ0n) is 19.5. The van der Waals surface area contributed by atoms with Gasteiger partial charge in [0.25, 0.3) is 10.0 Å². The molecule has 4 rings (SSSR count). The molecule has 0 bridgehead atoms. The van der Waals surface area contributed by atoms with Crippen LogP contribution in [0.25, 0.3) is 0 Å². The molecule has 1 fully saturated rings. The van der Waals surface area contributed by atoms with E-state index < -0.39 is 16.0 Å². The quantitative estimate of drug-likeness (QED) is 0.540. The molecule has 0 saturated carbocycles. The van der Waals surface area contributed by atoms with Crippen LogP contribution in [0.5, 0.6) is 0 Å². The molecule has 0 spiro atoms. The summed E-state index contributed by atoms with van der Waals surface area (Å²) in [5.74, 6) is -1.10. The Kier molecular flexibility index (Phi) is 6.52. The van der Waals surface area contributed by atoms with E-state index in [1.165, 1.54) is 23.8 Å². The van der Waals surface area contributed by atoms with Gasteiger partial charge in [0.05, 0.1) is 16.1 Å². The molecule has 1 atom stereocenters. The first-order valence-electron chi connectivity index (χ1n) is 11.2. The number of carboxylic acids is 1. The monoisotopic (exact) mass is 479 g/mol. The standard InChI is InChI=1S/C26H29N3O4S/c1-18-7-10-23(11-8-18)34(32,33)27-21-9-12-25(24(16-21)26(30)31)28-13-14-29(20(3)17-28)22-6-4-5-19(2)15-22/h4-12,15-16,20,27H,13-14,17H2,1-3H3,(H,30,31)/t20-/m0/s1. The fraction of sp³-hybridized carbons (Fsp3) is 0.269. The highest BCUT2D eigenvalue weighted by molar-refractivity contribution is 7.92. The molecule has 1 aliphatic rings. The zero-order valence-corrected chi connectivity index (χ0v) is 20.3. The Morgan fingerprint density at radius 2 is 1.71 bits per heavy atom. The largest absolute Gasteiger partial charge is 0.478 e. The van der Waals surface area contributed by atoms with Crippen molar-refractivity contribution in [2.45, 2.75) is 31.7 Å². The Balaban J connectivity index is 1.55. The molecular weight excluding hydrogens is 450 g/mol. The van der Waals surface area contributed by atoms with Gasteiger partial charge in [0.2, 0.25) is 0 Å². The average Bonchev–Trinajstić information content (AvgIpc) is 2.79. The van der Waals surface area contributed by atoms with Crippen molar-refractivity contribution in [2.75, 3.05) is 34.2 Å². The molecule has 0 amide bonds. The van der Waals surface area contributed by atoms with E-state index in [0.717, 1.165) is 17.8 Å². The predicted molar refractivity (Wildman–Crippen MR) is 136 cm³/mol. The Labute approximate surface area is 200 Å². The third kappa shape index (κ3) is 5.02. The summed E-state index contributed by atoms with van der Waals surface area (Å²) < 4.78 is 28.0. The smallest absolute Gasteiger partial charge is 0.337 e. The summed E-state index contributed by atoms with van der Waals surface area (Å²) in [5.41, 5.74) is 4.18. The maximum Gasteiger partial charge on any atom is 0.337 e. The minimum Gasteiger partial charge on any atom is -0.478 e.